The summed E-state index contributed by atoms with van der Waals surface area (Å²) in [5.74, 6) is 1.13. The molecule has 0 amide bonds. The second-order valence-electron chi connectivity index (χ2n) is 6.50. The maximum Gasteiger partial charge on any atom is 0.292 e. The summed E-state index contributed by atoms with van der Waals surface area (Å²) < 4.78 is 21.3. The highest BCUT2D eigenvalue weighted by Crippen LogP contribution is 2.22. The van der Waals surface area contributed by atoms with E-state index in [4.69, 9.17) is 16.1 Å². The molecule has 5 aromatic rings. The first-order chi connectivity index (χ1) is 14.2. The lowest BCUT2D eigenvalue weighted by Crippen LogP contribution is -2.33. The first-order valence-electron chi connectivity index (χ1n) is 8.88. The van der Waals surface area contributed by atoms with Gasteiger partial charge in [0.2, 0.25) is 12.4 Å². The third-order valence-electron chi connectivity index (χ3n) is 4.50. The summed E-state index contributed by atoms with van der Waals surface area (Å²) >= 11 is 5.91. The Balaban J connectivity index is 1.41. The highest BCUT2D eigenvalue weighted by molar-refractivity contribution is 6.30. The van der Waals surface area contributed by atoms with Crippen molar-refractivity contribution in [2.75, 3.05) is 0 Å². The number of halogens is 2. The molecule has 3 aromatic heterocycles. The highest BCUT2D eigenvalue weighted by Gasteiger charge is 2.16. The van der Waals surface area contributed by atoms with E-state index in [1.54, 1.807) is 30.3 Å². The third kappa shape index (κ3) is 3.48. The van der Waals surface area contributed by atoms with Crippen molar-refractivity contribution < 1.29 is 13.5 Å². The van der Waals surface area contributed by atoms with Gasteiger partial charge in [-0.2, -0.15) is 9.55 Å². The quantitative estimate of drug-likeness (QED) is 0.449. The van der Waals surface area contributed by atoms with Crippen molar-refractivity contribution in [3.05, 3.63) is 83.7 Å². The first kappa shape index (κ1) is 17.5. The van der Waals surface area contributed by atoms with Gasteiger partial charge in [0.1, 0.15) is 22.7 Å². The van der Waals surface area contributed by atoms with Crippen molar-refractivity contribution >= 4 is 22.6 Å². The van der Waals surface area contributed by atoms with E-state index < -0.39 is 0 Å². The van der Waals surface area contributed by atoms with Crippen LogP contribution in [0.4, 0.5) is 4.39 Å². The van der Waals surface area contributed by atoms with E-state index in [2.05, 4.69) is 20.1 Å². The topological polar surface area (TPSA) is 71.5 Å². The minimum absolute atomic E-state index is 0.319. The fourth-order valence-electron chi connectivity index (χ4n) is 3.07. The maximum atomic E-state index is 14.0. The number of aromatic amines is 1. The van der Waals surface area contributed by atoms with Crippen LogP contribution in [0.2, 0.25) is 5.02 Å². The second kappa shape index (κ2) is 7.10. The summed E-state index contributed by atoms with van der Waals surface area (Å²) in [5.41, 5.74) is 2.78. The smallest absolute Gasteiger partial charge is 0.292 e. The Hall–Kier alpha value is -3.58. The number of rotatable bonds is 4. The lowest BCUT2D eigenvalue weighted by molar-refractivity contribution is -0.689. The Labute approximate surface area is 169 Å². The molecule has 3 heterocycles. The maximum absolute atomic E-state index is 14.0. The van der Waals surface area contributed by atoms with Gasteiger partial charge in [-0.3, -0.25) is 0 Å². The highest BCUT2D eigenvalue weighted by atomic mass is 35.5. The van der Waals surface area contributed by atoms with Gasteiger partial charge in [-0.05, 0) is 36.4 Å². The zero-order chi connectivity index (χ0) is 19.8. The third-order valence-corrected chi connectivity index (χ3v) is 4.75. The molecule has 0 spiro atoms. The number of aromatic nitrogens is 5. The fourth-order valence-corrected chi connectivity index (χ4v) is 3.20. The molecule has 0 fully saturated rings. The number of benzene rings is 2. The van der Waals surface area contributed by atoms with Crippen molar-refractivity contribution in [1.82, 2.24) is 20.1 Å². The van der Waals surface area contributed by atoms with Crippen LogP contribution in [0.1, 0.15) is 5.89 Å². The number of imidazole rings is 1. The molecule has 2 aromatic carbocycles. The molecule has 6 nitrogen and oxygen atoms in total. The molecule has 0 radical (unpaired) electrons. The summed E-state index contributed by atoms with van der Waals surface area (Å²) in [6, 6.07) is 15.6. The molecule has 0 bridgehead atoms. The van der Waals surface area contributed by atoms with E-state index in [0.29, 0.717) is 34.7 Å². The van der Waals surface area contributed by atoms with E-state index in [9.17, 15) is 4.39 Å². The summed E-state index contributed by atoms with van der Waals surface area (Å²) in [6.45, 7) is 0.393. The number of hydrogen-bond donors (Lipinski definition) is 1. The molecular formula is C21H14ClFN5O+. The number of H-pyrrole nitrogens is 1. The Morgan fingerprint density at radius 3 is 2.69 bits per heavy atom. The summed E-state index contributed by atoms with van der Waals surface area (Å²) in [4.78, 5) is 12.1. The number of fused-ring (bicyclic) bond motifs is 1. The van der Waals surface area contributed by atoms with Crippen LogP contribution in [0.5, 0.6) is 0 Å². The van der Waals surface area contributed by atoms with Gasteiger partial charge in [0.05, 0.1) is 5.56 Å². The SMILES string of the molecule is Fc1ccccc1-c1nc2cc[n+](Cc3nc(-c4ccc(Cl)cc4)no3)cc2[nH]1. The van der Waals surface area contributed by atoms with E-state index in [-0.39, 0.29) is 5.82 Å². The lowest BCUT2D eigenvalue weighted by Gasteiger charge is -1.96. The van der Waals surface area contributed by atoms with Crippen LogP contribution >= 0.6 is 11.6 Å². The minimum atomic E-state index is -0.319. The van der Waals surface area contributed by atoms with Crippen molar-refractivity contribution in [3.8, 4) is 22.8 Å². The normalized spacial score (nSPS) is 11.2. The Bertz CT molecular complexity index is 1310. The summed E-state index contributed by atoms with van der Waals surface area (Å²) in [5, 5.41) is 4.67. The van der Waals surface area contributed by atoms with Gasteiger partial charge < -0.3 is 9.51 Å². The van der Waals surface area contributed by atoms with Crippen LogP contribution in [0, 0.1) is 5.82 Å². The average molecular weight is 407 g/mol. The number of hydrogen-bond acceptors (Lipinski definition) is 4. The van der Waals surface area contributed by atoms with Crippen LogP contribution in [-0.4, -0.2) is 20.1 Å². The molecule has 142 valence electrons. The van der Waals surface area contributed by atoms with Crippen LogP contribution in [0.3, 0.4) is 0 Å². The van der Waals surface area contributed by atoms with E-state index in [1.165, 1.54) is 6.07 Å². The van der Waals surface area contributed by atoms with Crippen molar-refractivity contribution in [2.24, 2.45) is 0 Å². The van der Waals surface area contributed by atoms with Crippen LogP contribution in [-0.2, 0) is 6.54 Å². The predicted octanol–water partition coefficient (Wildman–Crippen LogP) is 4.41. The molecule has 5 rings (SSSR count). The van der Waals surface area contributed by atoms with Crippen molar-refractivity contribution in [2.45, 2.75) is 6.54 Å². The zero-order valence-electron chi connectivity index (χ0n) is 15.0. The van der Waals surface area contributed by atoms with E-state index in [1.807, 2.05) is 35.2 Å². The molecule has 0 aliphatic carbocycles. The second-order valence-corrected chi connectivity index (χ2v) is 6.94. The summed E-state index contributed by atoms with van der Waals surface area (Å²) in [7, 11) is 0. The molecule has 0 atom stereocenters. The standard InChI is InChI=1S/C21H13ClFN5O/c22-14-7-5-13(6-8-14)20-26-19(29-27-20)12-28-10-9-17-18(11-28)25-21(24-17)15-3-1-2-4-16(15)23/h1-11H,12H2/p+1. The van der Waals surface area contributed by atoms with Gasteiger partial charge in [0, 0.05) is 16.7 Å². The molecule has 0 aliphatic heterocycles. The number of nitrogens with zero attached hydrogens (tertiary/aromatic N) is 4. The minimum Gasteiger partial charge on any atom is -0.333 e. The molecular weight excluding hydrogens is 393 g/mol. The Morgan fingerprint density at radius 1 is 1.03 bits per heavy atom. The molecule has 29 heavy (non-hydrogen) atoms. The fraction of sp³-hybridized carbons (Fsp3) is 0.0476. The zero-order valence-corrected chi connectivity index (χ0v) is 15.8. The monoisotopic (exact) mass is 406 g/mol. The molecule has 0 saturated heterocycles. The van der Waals surface area contributed by atoms with Gasteiger partial charge in [-0.25, -0.2) is 9.37 Å². The van der Waals surface area contributed by atoms with Crippen LogP contribution in [0.25, 0.3) is 33.8 Å². The van der Waals surface area contributed by atoms with Crippen LogP contribution < -0.4 is 4.57 Å². The lowest BCUT2D eigenvalue weighted by atomic mass is 10.2. The Kier molecular flexibility index (Phi) is 4.29. The van der Waals surface area contributed by atoms with Gasteiger partial charge in [0.25, 0.3) is 5.89 Å². The van der Waals surface area contributed by atoms with Gasteiger partial charge in [-0.1, -0.05) is 28.9 Å². The molecule has 1 N–H and O–H groups in total. The van der Waals surface area contributed by atoms with Gasteiger partial charge in [-0.15, -0.1) is 0 Å². The van der Waals surface area contributed by atoms with Gasteiger partial charge >= 0.3 is 0 Å². The molecule has 0 unspecified atom stereocenters. The molecule has 8 heteroatoms. The Morgan fingerprint density at radius 2 is 1.86 bits per heavy atom. The van der Waals surface area contributed by atoms with Crippen molar-refractivity contribution in [3.63, 3.8) is 0 Å². The molecule has 0 saturated carbocycles. The van der Waals surface area contributed by atoms with Crippen molar-refractivity contribution in [1.29, 1.82) is 0 Å². The van der Waals surface area contributed by atoms with E-state index in [0.717, 1.165) is 16.6 Å². The average Bonchev–Trinajstić information content (AvgIpc) is 3.35. The molecule has 0 aliphatic rings. The predicted molar refractivity (Wildman–Crippen MR) is 106 cm³/mol. The number of nitrogens with one attached hydrogen (secondary N) is 1. The largest absolute Gasteiger partial charge is 0.333 e. The number of pyridine rings is 1. The summed E-state index contributed by atoms with van der Waals surface area (Å²) in [6.07, 6.45) is 3.74. The van der Waals surface area contributed by atoms with Gasteiger partial charge in [0.15, 0.2) is 12.4 Å². The van der Waals surface area contributed by atoms with E-state index >= 15 is 0 Å². The first-order valence-corrected chi connectivity index (χ1v) is 9.26. The van der Waals surface area contributed by atoms with Crippen LogP contribution in [0.15, 0.2) is 71.5 Å².